The molecule has 0 aliphatic rings. The highest BCUT2D eigenvalue weighted by atomic mass is 16.3. The van der Waals surface area contributed by atoms with Crippen LogP contribution >= 0.6 is 0 Å². The quantitative estimate of drug-likeness (QED) is 0.694. The number of aliphatic hydroxyl groups is 1. The van der Waals surface area contributed by atoms with Gasteiger partial charge in [0.1, 0.15) is 0 Å². The van der Waals surface area contributed by atoms with Gasteiger partial charge in [-0.15, -0.1) is 6.58 Å². The van der Waals surface area contributed by atoms with Crippen LogP contribution in [0.1, 0.15) is 37.5 Å². The van der Waals surface area contributed by atoms with E-state index in [9.17, 15) is 5.11 Å². The van der Waals surface area contributed by atoms with Crippen molar-refractivity contribution in [1.29, 1.82) is 0 Å². The van der Waals surface area contributed by atoms with Gasteiger partial charge in [0, 0.05) is 0 Å². The van der Waals surface area contributed by atoms with Crippen molar-refractivity contribution in [1.82, 2.24) is 0 Å². The molecule has 0 aliphatic carbocycles. The van der Waals surface area contributed by atoms with Crippen LogP contribution in [0.25, 0.3) is 0 Å². The van der Waals surface area contributed by atoms with Gasteiger partial charge in [0.05, 0.1) is 5.60 Å². The van der Waals surface area contributed by atoms with Crippen molar-refractivity contribution in [2.75, 3.05) is 0 Å². The number of benzene rings is 1. The van der Waals surface area contributed by atoms with Gasteiger partial charge in [0.25, 0.3) is 0 Å². The highest BCUT2D eigenvalue weighted by Crippen LogP contribution is 2.21. The van der Waals surface area contributed by atoms with Crippen LogP contribution in [0.3, 0.4) is 0 Å². The Morgan fingerprint density at radius 3 is 1.73 bits per heavy atom. The minimum absolute atomic E-state index is 0.725. The van der Waals surface area contributed by atoms with Crippen LogP contribution in [0.15, 0.2) is 30.9 Å². The molecular weight excluding hydrogens is 184 g/mol. The Bertz CT molecular complexity index is 298. The zero-order valence-corrected chi connectivity index (χ0v) is 10.5. The predicted octanol–water partition coefficient (Wildman–Crippen LogP) is 3.72. The second-order valence-corrected chi connectivity index (χ2v) is 4.34. The topological polar surface area (TPSA) is 20.2 Å². The molecule has 15 heavy (non-hydrogen) atoms. The van der Waals surface area contributed by atoms with E-state index in [1.807, 2.05) is 32.9 Å². The summed E-state index contributed by atoms with van der Waals surface area (Å²) in [5.41, 5.74) is 2.66. The van der Waals surface area contributed by atoms with Crippen LogP contribution in [0.4, 0.5) is 0 Å². The summed E-state index contributed by atoms with van der Waals surface area (Å²) in [5.74, 6) is 0. The smallest absolute Gasteiger partial charge is 0.0840 e. The first-order valence-electron chi connectivity index (χ1n) is 5.19. The Morgan fingerprint density at radius 1 is 1.13 bits per heavy atom. The molecule has 0 aromatic heterocycles. The molecule has 0 saturated heterocycles. The lowest BCUT2D eigenvalue weighted by atomic mass is 9.95. The molecule has 1 rings (SSSR count). The van der Waals surface area contributed by atoms with E-state index in [2.05, 4.69) is 12.6 Å². The summed E-state index contributed by atoms with van der Waals surface area (Å²) in [7, 11) is 0. The minimum Gasteiger partial charge on any atom is -0.386 e. The molecule has 0 bridgehead atoms. The maximum atomic E-state index is 9.74. The van der Waals surface area contributed by atoms with Gasteiger partial charge in [-0.2, -0.15) is 0 Å². The summed E-state index contributed by atoms with van der Waals surface area (Å²) in [4.78, 5) is 0. The molecule has 84 valence electrons. The van der Waals surface area contributed by atoms with Crippen molar-refractivity contribution in [2.45, 2.75) is 40.2 Å². The molecule has 0 atom stereocenters. The Morgan fingerprint density at radius 2 is 1.47 bits per heavy atom. The normalized spacial score (nSPS) is 10.3. The van der Waals surface area contributed by atoms with Gasteiger partial charge < -0.3 is 5.11 Å². The highest BCUT2D eigenvalue weighted by molar-refractivity contribution is 5.31. The summed E-state index contributed by atoms with van der Waals surface area (Å²) in [6.45, 7) is 13.0. The third-order valence-electron chi connectivity index (χ3n) is 1.93. The van der Waals surface area contributed by atoms with Gasteiger partial charge in [-0.3, -0.25) is 0 Å². The second-order valence-electron chi connectivity index (χ2n) is 4.34. The van der Waals surface area contributed by atoms with Gasteiger partial charge in [0.2, 0.25) is 0 Å². The molecule has 0 radical (unpaired) electrons. The van der Waals surface area contributed by atoms with E-state index in [0.29, 0.717) is 0 Å². The van der Waals surface area contributed by atoms with Crippen molar-refractivity contribution in [3.05, 3.63) is 47.5 Å². The van der Waals surface area contributed by atoms with Crippen LogP contribution in [0, 0.1) is 13.8 Å². The lowest BCUT2D eigenvalue weighted by molar-refractivity contribution is 0.0785. The first-order chi connectivity index (χ1) is 6.81. The summed E-state index contributed by atoms with van der Waals surface area (Å²) >= 11 is 0. The molecule has 0 saturated carbocycles. The Labute approximate surface area is 93.5 Å². The third-order valence-corrected chi connectivity index (χ3v) is 1.93. The Hall–Kier alpha value is -1.08. The zero-order valence-electron chi connectivity index (χ0n) is 10.5. The molecule has 1 nitrogen and oxygen atoms in total. The maximum absolute atomic E-state index is 9.74. The van der Waals surface area contributed by atoms with Gasteiger partial charge >= 0.3 is 0 Å². The number of rotatable bonds is 1. The van der Waals surface area contributed by atoms with E-state index < -0.39 is 5.60 Å². The number of allylic oxidation sites excluding steroid dienone is 1. The molecule has 0 heterocycles. The average molecular weight is 206 g/mol. The largest absolute Gasteiger partial charge is 0.386 e. The third kappa shape index (κ3) is 5.38. The van der Waals surface area contributed by atoms with Crippen LogP contribution in [0.2, 0.25) is 0 Å². The first-order valence-corrected chi connectivity index (χ1v) is 5.19. The maximum Gasteiger partial charge on any atom is 0.0840 e. The van der Waals surface area contributed by atoms with E-state index in [1.165, 1.54) is 11.1 Å². The fourth-order valence-electron chi connectivity index (χ4n) is 1.33. The molecule has 0 fully saturated rings. The van der Waals surface area contributed by atoms with E-state index in [-0.39, 0.29) is 0 Å². The van der Waals surface area contributed by atoms with Crippen LogP contribution < -0.4 is 0 Å². The van der Waals surface area contributed by atoms with Gasteiger partial charge in [0.15, 0.2) is 0 Å². The van der Waals surface area contributed by atoms with Gasteiger partial charge in [-0.25, -0.2) is 0 Å². The molecular formula is C14H22O. The zero-order chi connectivity index (χ0) is 12.1. The van der Waals surface area contributed by atoms with Gasteiger partial charge in [-0.1, -0.05) is 35.4 Å². The minimum atomic E-state index is -0.725. The fraction of sp³-hybridized carbons (Fsp3) is 0.429. The van der Waals surface area contributed by atoms with Crippen LogP contribution in [-0.4, -0.2) is 5.11 Å². The van der Waals surface area contributed by atoms with Crippen molar-refractivity contribution in [3.8, 4) is 0 Å². The summed E-state index contributed by atoms with van der Waals surface area (Å²) in [6, 6.07) is 6.15. The van der Waals surface area contributed by atoms with E-state index in [4.69, 9.17) is 0 Å². The molecule has 0 spiro atoms. The molecule has 0 amide bonds. The molecule has 1 heteroatoms. The van der Waals surface area contributed by atoms with Crippen molar-refractivity contribution in [3.63, 3.8) is 0 Å². The lowest BCUT2D eigenvalue weighted by Gasteiger charge is -2.18. The number of hydrogen-bond donors (Lipinski definition) is 1. The summed E-state index contributed by atoms with van der Waals surface area (Å²) in [6.07, 6.45) is 1.75. The highest BCUT2D eigenvalue weighted by Gasteiger charge is 2.15. The Kier molecular flexibility index (Phi) is 5.31. The second kappa shape index (κ2) is 5.72. The van der Waals surface area contributed by atoms with E-state index in [0.717, 1.165) is 5.56 Å². The van der Waals surface area contributed by atoms with Crippen molar-refractivity contribution in [2.24, 2.45) is 0 Å². The standard InChI is InChI=1S/C11H16O.C3H6/c1-8-5-9(2)7-10(6-8)11(3,4)12;1-3-2/h5-7,12H,1-4H3;3H,1H2,2H3. The van der Waals surface area contributed by atoms with Crippen LogP contribution in [0.5, 0.6) is 0 Å². The summed E-state index contributed by atoms with van der Waals surface area (Å²) < 4.78 is 0. The average Bonchev–Trinajstić information content (AvgIpc) is 2.01. The molecule has 1 N–H and O–H groups in total. The lowest BCUT2D eigenvalue weighted by Crippen LogP contribution is -2.15. The summed E-state index contributed by atoms with van der Waals surface area (Å²) in [5, 5.41) is 9.74. The van der Waals surface area contributed by atoms with E-state index >= 15 is 0 Å². The van der Waals surface area contributed by atoms with E-state index in [1.54, 1.807) is 19.9 Å². The molecule has 0 aliphatic heterocycles. The van der Waals surface area contributed by atoms with Gasteiger partial charge in [-0.05, 0) is 40.2 Å². The molecule has 1 aromatic carbocycles. The fourth-order valence-corrected chi connectivity index (χ4v) is 1.33. The SMILES string of the molecule is C=CC.Cc1cc(C)cc(C(C)(C)O)c1. The van der Waals surface area contributed by atoms with Crippen molar-refractivity contribution >= 4 is 0 Å². The predicted molar refractivity (Wildman–Crippen MR) is 67.0 cm³/mol. The molecule has 1 aromatic rings. The first kappa shape index (κ1) is 13.9. The number of aryl methyl sites for hydroxylation is 2. The van der Waals surface area contributed by atoms with Crippen molar-refractivity contribution < 1.29 is 5.11 Å². The monoisotopic (exact) mass is 206 g/mol. The van der Waals surface area contributed by atoms with Crippen LogP contribution in [-0.2, 0) is 5.60 Å². The Balaban J connectivity index is 0.000000583. The number of hydrogen-bond acceptors (Lipinski definition) is 1. The molecule has 0 unspecified atom stereocenters.